The Morgan fingerprint density at radius 1 is 1.19 bits per heavy atom. The highest BCUT2D eigenvalue weighted by Gasteiger charge is 2.58. The fourth-order valence-corrected chi connectivity index (χ4v) is 6.19. The fraction of sp³-hybridized carbons (Fsp3) is 0.611. The summed E-state index contributed by atoms with van der Waals surface area (Å²) in [6, 6.07) is 7.91. The number of anilines is 1. The highest BCUT2D eigenvalue weighted by atomic mass is 79.9. The van der Waals surface area contributed by atoms with Crippen LogP contribution < -0.4 is 5.32 Å². The van der Waals surface area contributed by atoms with Crippen LogP contribution in [0.5, 0.6) is 0 Å². The van der Waals surface area contributed by atoms with Crippen molar-refractivity contribution in [2.24, 2.45) is 22.7 Å². The average molecular weight is 348 g/mol. The molecule has 4 aliphatic rings. The van der Waals surface area contributed by atoms with Crippen molar-refractivity contribution in [2.45, 2.75) is 45.4 Å². The van der Waals surface area contributed by atoms with Gasteiger partial charge in [-0.15, -0.1) is 0 Å². The molecule has 0 aromatic heterocycles. The van der Waals surface area contributed by atoms with Crippen molar-refractivity contribution in [3.63, 3.8) is 0 Å². The number of nitrogens with one attached hydrogen (secondary N) is 1. The van der Waals surface area contributed by atoms with Crippen LogP contribution in [-0.2, 0) is 4.79 Å². The van der Waals surface area contributed by atoms with Gasteiger partial charge in [0, 0.05) is 4.47 Å². The standard InChI is InChI=1S/C18H22BrNO/c1-17-7-12-6-13(8-17)10-18(9-12,11-17)16(21)20-15-5-3-2-4-14(15)19/h2-5,12-13H,6-11H2,1H3,(H,20,21). The molecule has 21 heavy (non-hydrogen) atoms. The molecule has 4 fully saturated rings. The SMILES string of the molecule is CC12CC3CC(C1)CC(C(=O)Nc1ccccc1Br)(C3)C2. The number of carbonyl (C=O) groups excluding carboxylic acids is 1. The highest BCUT2D eigenvalue weighted by molar-refractivity contribution is 9.10. The number of benzene rings is 1. The summed E-state index contributed by atoms with van der Waals surface area (Å²) < 4.78 is 0.967. The molecular weight excluding hydrogens is 326 g/mol. The van der Waals surface area contributed by atoms with Gasteiger partial charge in [-0.05, 0) is 83.8 Å². The van der Waals surface area contributed by atoms with Crippen LogP contribution in [0.25, 0.3) is 0 Å². The van der Waals surface area contributed by atoms with Crippen molar-refractivity contribution < 1.29 is 4.79 Å². The van der Waals surface area contributed by atoms with E-state index < -0.39 is 0 Å². The van der Waals surface area contributed by atoms with Crippen LogP contribution in [0.15, 0.2) is 28.7 Å². The lowest BCUT2D eigenvalue weighted by Gasteiger charge is -2.60. The van der Waals surface area contributed by atoms with E-state index in [1.54, 1.807) is 0 Å². The van der Waals surface area contributed by atoms with Crippen LogP contribution in [0, 0.1) is 22.7 Å². The van der Waals surface area contributed by atoms with Crippen LogP contribution in [0.4, 0.5) is 5.69 Å². The van der Waals surface area contributed by atoms with E-state index in [1.165, 1.54) is 19.3 Å². The first-order chi connectivity index (χ1) is 9.98. The zero-order valence-electron chi connectivity index (χ0n) is 12.5. The second kappa shape index (κ2) is 4.58. The average Bonchev–Trinajstić information content (AvgIpc) is 2.38. The molecule has 2 nitrogen and oxygen atoms in total. The summed E-state index contributed by atoms with van der Waals surface area (Å²) in [6.07, 6.45) is 7.34. The molecule has 1 aromatic rings. The molecule has 1 aromatic carbocycles. The van der Waals surface area contributed by atoms with Crippen LogP contribution in [0.1, 0.15) is 45.4 Å². The van der Waals surface area contributed by atoms with Crippen molar-refractivity contribution in [2.75, 3.05) is 5.32 Å². The highest BCUT2D eigenvalue weighted by Crippen LogP contribution is 2.65. The lowest BCUT2D eigenvalue weighted by Crippen LogP contribution is -2.55. The van der Waals surface area contributed by atoms with Crippen LogP contribution >= 0.6 is 15.9 Å². The first-order valence-corrected chi connectivity index (χ1v) is 8.83. The third-order valence-corrected chi connectivity index (χ3v) is 6.65. The van der Waals surface area contributed by atoms with Crippen LogP contribution in [-0.4, -0.2) is 5.91 Å². The molecule has 0 heterocycles. The summed E-state index contributed by atoms with van der Waals surface area (Å²) in [6.45, 7) is 2.41. The Morgan fingerprint density at radius 3 is 2.48 bits per heavy atom. The maximum absolute atomic E-state index is 13.0. The topological polar surface area (TPSA) is 29.1 Å². The lowest BCUT2D eigenvalue weighted by atomic mass is 9.44. The molecule has 4 bridgehead atoms. The van der Waals surface area contributed by atoms with Crippen molar-refractivity contribution in [3.8, 4) is 0 Å². The molecule has 5 rings (SSSR count). The van der Waals surface area contributed by atoms with Crippen molar-refractivity contribution in [1.29, 1.82) is 0 Å². The fourth-order valence-electron chi connectivity index (χ4n) is 5.80. The first-order valence-electron chi connectivity index (χ1n) is 8.04. The summed E-state index contributed by atoms with van der Waals surface area (Å²) in [5, 5.41) is 3.20. The zero-order chi connectivity index (χ0) is 14.7. The molecule has 3 heteroatoms. The van der Waals surface area contributed by atoms with E-state index in [0.717, 1.165) is 41.3 Å². The molecule has 0 saturated heterocycles. The van der Waals surface area contributed by atoms with Crippen LogP contribution in [0.3, 0.4) is 0 Å². The van der Waals surface area contributed by atoms with Gasteiger partial charge < -0.3 is 5.32 Å². The van der Waals surface area contributed by atoms with Gasteiger partial charge in [0.05, 0.1) is 11.1 Å². The van der Waals surface area contributed by atoms with Crippen molar-refractivity contribution in [1.82, 2.24) is 0 Å². The molecule has 0 aliphatic heterocycles. The lowest BCUT2D eigenvalue weighted by molar-refractivity contribution is -0.149. The molecular formula is C18H22BrNO. The van der Waals surface area contributed by atoms with Gasteiger partial charge in [0.2, 0.25) is 5.91 Å². The maximum Gasteiger partial charge on any atom is 0.230 e. The van der Waals surface area contributed by atoms with Gasteiger partial charge in [-0.1, -0.05) is 19.1 Å². The van der Waals surface area contributed by atoms with E-state index in [4.69, 9.17) is 0 Å². The molecule has 2 unspecified atom stereocenters. The molecule has 1 N–H and O–H groups in total. The second-order valence-electron chi connectivity index (χ2n) is 7.99. The molecule has 1 amide bonds. The molecule has 2 atom stereocenters. The molecule has 0 spiro atoms. The van der Waals surface area contributed by atoms with Gasteiger partial charge in [0.25, 0.3) is 0 Å². The number of amides is 1. The van der Waals surface area contributed by atoms with Crippen molar-refractivity contribution in [3.05, 3.63) is 28.7 Å². The van der Waals surface area contributed by atoms with Gasteiger partial charge >= 0.3 is 0 Å². The summed E-state index contributed by atoms with van der Waals surface area (Å²) >= 11 is 3.53. The molecule has 4 saturated carbocycles. The minimum atomic E-state index is -0.103. The number of hydrogen-bond acceptors (Lipinski definition) is 1. The van der Waals surface area contributed by atoms with E-state index in [-0.39, 0.29) is 11.3 Å². The van der Waals surface area contributed by atoms with Gasteiger partial charge in [-0.25, -0.2) is 0 Å². The Balaban J connectivity index is 1.61. The summed E-state index contributed by atoms with van der Waals surface area (Å²) in [5.41, 5.74) is 1.21. The van der Waals surface area contributed by atoms with E-state index >= 15 is 0 Å². The number of carbonyl (C=O) groups is 1. The van der Waals surface area contributed by atoms with Crippen molar-refractivity contribution >= 4 is 27.5 Å². The van der Waals surface area contributed by atoms with E-state index in [0.29, 0.717) is 5.41 Å². The van der Waals surface area contributed by atoms with E-state index in [2.05, 4.69) is 28.2 Å². The Bertz CT molecular complexity index is 583. The quantitative estimate of drug-likeness (QED) is 0.801. The minimum Gasteiger partial charge on any atom is -0.325 e. The number of halogens is 1. The Hall–Kier alpha value is -0.830. The Kier molecular flexibility index (Phi) is 3.01. The maximum atomic E-state index is 13.0. The zero-order valence-corrected chi connectivity index (χ0v) is 14.1. The van der Waals surface area contributed by atoms with Gasteiger partial charge in [-0.2, -0.15) is 0 Å². The monoisotopic (exact) mass is 347 g/mol. The van der Waals surface area contributed by atoms with E-state index in [9.17, 15) is 4.79 Å². The minimum absolute atomic E-state index is 0.103. The number of hydrogen-bond donors (Lipinski definition) is 1. The van der Waals surface area contributed by atoms with Crippen LogP contribution in [0.2, 0.25) is 0 Å². The van der Waals surface area contributed by atoms with E-state index in [1.807, 2.05) is 24.3 Å². The molecule has 0 radical (unpaired) electrons. The van der Waals surface area contributed by atoms with Gasteiger partial charge in [0.1, 0.15) is 0 Å². The summed E-state index contributed by atoms with van der Waals surface area (Å²) in [7, 11) is 0. The third-order valence-electron chi connectivity index (χ3n) is 5.96. The smallest absolute Gasteiger partial charge is 0.230 e. The summed E-state index contributed by atoms with van der Waals surface area (Å²) in [5.74, 6) is 1.82. The number of para-hydroxylation sites is 1. The molecule has 4 aliphatic carbocycles. The van der Waals surface area contributed by atoms with Gasteiger partial charge in [0.15, 0.2) is 0 Å². The Labute approximate surface area is 134 Å². The summed E-state index contributed by atoms with van der Waals surface area (Å²) in [4.78, 5) is 13.0. The first kappa shape index (κ1) is 13.8. The largest absolute Gasteiger partial charge is 0.325 e. The third kappa shape index (κ3) is 2.25. The molecule has 112 valence electrons. The predicted octanol–water partition coefficient (Wildman–Crippen LogP) is 4.99. The number of rotatable bonds is 2. The normalized spacial score (nSPS) is 40.3. The second-order valence-corrected chi connectivity index (χ2v) is 8.84. The Morgan fingerprint density at radius 2 is 1.86 bits per heavy atom. The predicted molar refractivity (Wildman–Crippen MR) is 88.0 cm³/mol. The van der Waals surface area contributed by atoms with Gasteiger partial charge in [-0.3, -0.25) is 4.79 Å².